The molecule has 4 fully saturated rings. The molecule has 0 spiro atoms. The molecule has 2 N–H and O–H groups in total. The van der Waals surface area contributed by atoms with Crippen LogP contribution < -0.4 is 5.32 Å². The molecule has 1 amide bonds. The number of aliphatic hydroxyl groups is 1. The van der Waals surface area contributed by atoms with E-state index < -0.39 is 39.7 Å². The molecule has 0 radical (unpaired) electrons. The third-order valence-corrected chi connectivity index (χ3v) is 14.4. The Hall–Kier alpha value is -1.24. The molecule has 234 valence electrons. The lowest BCUT2D eigenvalue weighted by Crippen LogP contribution is -2.55. The Morgan fingerprint density at radius 3 is 2.21 bits per heavy atom. The van der Waals surface area contributed by atoms with Gasteiger partial charge in [0.05, 0.1) is 5.75 Å². The smallest absolute Gasteiger partial charge is 0.332 e. The van der Waals surface area contributed by atoms with Crippen molar-refractivity contribution in [2.45, 2.75) is 128 Å². The summed E-state index contributed by atoms with van der Waals surface area (Å²) in [7, 11) is -3.66. The first kappa shape index (κ1) is 32.2. The number of carbonyl (C=O) groups excluding carboxylic acids is 2. The number of fused-ring (bicyclic) bond motifs is 2. The van der Waals surface area contributed by atoms with Gasteiger partial charge in [-0.2, -0.15) is 4.31 Å². The third kappa shape index (κ3) is 6.03. The summed E-state index contributed by atoms with van der Waals surface area (Å²) in [6, 6.07) is 5.96. The van der Waals surface area contributed by atoms with Crippen LogP contribution >= 0.6 is 22.6 Å². The fourth-order valence-corrected chi connectivity index (χ4v) is 12.3. The SMILES string of the molecule is CC1(C)[C@@H]2CC[C@@]1(CS(=O)(=O)N(C1CCCCC1)C1CCCCC1)[C@H](OC(=O)[C@@H](NC=O)[C@H](O)c1ccccc1I)C2. The molecule has 0 unspecified atom stereocenters. The normalized spacial score (nSPS) is 29.7. The fourth-order valence-electron chi connectivity index (χ4n) is 8.80. The minimum Gasteiger partial charge on any atom is -0.460 e. The number of rotatable bonds is 11. The monoisotopic (exact) mass is 714 g/mol. The van der Waals surface area contributed by atoms with E-state index in [1.165, 1.54) is 0 Å². The molecule has 1 aromatic rings. The number of amides is 1. The molecule has 5 atom stereocenters. The molecule has 4 aliphatic rings. The Morgan fingerprint density at radius 2 is 1.67 bits per heavy atom. The number of nitrogens with zero attached hydrogens (tertiary/aromatic N) is 1. The number of benzene rings is 1. The number of nitrogens with one attached hydrogen (secondary N) is 1. The van der Waals surface area contributed by atoms with Crippen LogP contribution in [0.25, 0.3) is 0 Å². The van der Waals surface area contributed by atoms with Crippen molar-refractivity contribution in [2.24, 2.45) is 16.7 Å². The molecule has 0 aromatic heterocycles. The molecule has 8 nitrogen and oxygen atoms in total. The minimum atomic E-state index is -3.66. The van der Waals surface area contributed by atoms with Gasteiger partial charge in [0.25, 0.3) is 0 Å². The summed E-state index contributed by atoms with van der Waals surface area (Å²) in [5.41, 5.74) is -0.543. The van der Waals surface area contributed by atoms with Crippen molar-refractivity contribution in [2.75, 3.05) is 5.75 Å². The van der Waals surface area contributed by atoms with Crippen molar-refractivity contribution in [1.82, 2.24) is 9.62 Å². The summed E-state index contributed by atoms with van der Waals surface area (Å²) < 4.78 is 38.2. The molecule has 42 heavy (non-hydrogen) atoms. The fraction of sp³-hybridized carbons (Fsp3) is 0.750. The molecule has 0 saturated heterocycles. The minimum absolute atomic E-state index is 0.0284. The van der Waals surface area contributed by atoms with Crippen LogP contribution in [-0.4, -0.2) is 60.2 Å². The average Bonchev–Trinajstić information content (AvgIpc) is 3.32. The second-order valence-corrected chi connectivity index (χ2v) is 16.7. The van der Waals surface area contributed by atoms with Gasteiger partial charge >= 0.3 is 5.97 Å². The first-order valence-electron chi connectivity index (χ1n) is 15.9. The summed E-state index contributed by atoms with van der Waals surface area (Å²) in [6.45, 7) is 4.28. The third-order valence-electron chi connectivity index (χ3n) is 11.3. The van der Waals surface area contributed by atoms with Crippen molar-refractivity contribution in [3.8, 4) is 0 Å². The van der Waals surface area contributed by atoms with Gasteiger partial charge in [-0.25, -0.2) is 13.2 Å². The van der Waals surface area contributed by atoms with Gasteiger partial charge < -0.3 is 15.2 Å². The zero-order valence-corrected chi connectivity index (χ0v) is 27.9. The van der Waals surface area contributed by atoms with Gasteiger partial charge in [-0.3, -0.25) is 4.79 Å². The summed E-state index contributed by atoms with van der Waals surface area (Å²) >= 11 is 2.09. The number of sulfonamides is 1. The number of ether oxygens (including phenoxy) is 1. The van der Waals surface area contributed by atoms with Crippen LogP contribution in [0, 0.1) is 20.3 Å². The highest BCUT2D eigenvalue weighted by atomic mass is 127. The van der Waals surface area contributed by atoms with E-state index in [1.807, 2.05) is 16.4 Å². The molecule has 4 saturated carbocycles. The van der Waals surface area contributed by atoms with Gasteiger partial charge in [0, 0.05) is 21.1 Å². The van der Waals surface area contributed by atoms with Crippen molar-refractivity contribution in [3.05, 3.63) is 33.4 Å². The molecule has 0 aliphatic heterocycles. The van der Waals surface area contributed by atoms with E-state index in [1.54, 1.807) is 12.1 Å². The Labute approximate surface area is 264 Å². The molecule has 1 aromatic carbocycles. The first-order chi connectivity index (χ1) is 20.0. The largest absolute Gasteiger partial charge is 0.460 e. The zero-order valence-electron chi connectivity index (χ0n) is 25.0. The second kappa shape index (κ2) is 13.0. The number of hydrogen-bond acceptors (Lipinski definition) is 6. The van der Waals surface area contributed by atoms with Gasteiger partial charge in [-0.15, -0.1) is 0 Å². The highest BCUT2D eigenvalue weighted by molar-refractivity contribution is 14.1. The highest BCUT2D eigenvalue weighted by Crippen LogP contribution is 2.67. The molecular formula is C32H47IN2O6S. The summed E-state index contributed by atoms with van der Waals surface area (Å²) in [6.07, 6.45) is 10.9. The van der Waals surface area contributed by atoms with Gasteiger partial charge in [-0.1, -0.05) is 70.6 Å². The second-order valence-electron chi connectivity index (χ2n) is 13.7. The van der Waals surface area contributed by atoms with Crippen molar-refractivity contribution in [1.29, 1.82) is 0 Å². The number of aliphatic hydroxyl groups excluding tert-OH is 1. The van der Waals surface area contributed by atoms with Gasteiger partial charge in [0.1, 0.15) is 12.2 Å². The van der Waals surface area contributed by atoms with E-state index in [9.17, 15) is 23.1 Å². The Kier molecular flexibility index (Phi) is 9.96. The summed E-state index contributed by atoms with van der Waals surface area (Å²) in [4.78, 5) is 25.2. The number of esters is 1. The summed E-state index contributed by atoms with van der Waals surface area (Å²) in [5, 5.41) is 13.6. The Bertz CT molecular complexity index is 1210. The van der Waals surface area contributed by atoms with E-state index in [0.29, 0.717) is 24.8 Å². The molecule has 2 bridgehead atoms. The van der Waals surface area contributed by atoms with Gasteiger partial charge in [-0.05, 0) is 90.5 Å². The van der Waals surface area contributed by atoms with Crippen LogP contribution in [0.1, 0.15) is 109 Å². The lowest BCUT2D eigenvalue weighted by molar-refractivity contribution is -0.163. The number of hydrogen-bond donors (Lipinski definition) is 2. The van der Waals surface area contributed by atoms with E-state index in [0.717, 1.165) is 74.2 Å². The van der Waals surface area contributed by atoms with Crippen molar-refractivity contribution >= 4 is 45.0 Å². The van der Waals surface area contributed by atoms with E-state index in [2.05, 4.69) is 41.8 Å². The molecule has 10 heteroatoms. The van der Waals surface area contributed by atoms with Crippen LogP contribution in [0.4, 0.5) is 0 Å². The van der Waals surface area contributed by atoms with Crippen LogP contribution in [0.3, 0.4) is 0 Å². The zero-order chi connectivity index (χ0) is 30.1. The number of carbonyl (C=O) groups is 2. The van der Waals surface area contributed by atoms with Crippen molar-refractivity contribution < 1.29 is 27.9 Å². The molecule has 5 rings (SSSR count). The van der Waals surface area contributed by atoms with Crippen LogP contribution in [0.2, 0.25) is 0 Å². The topological polar surface area (TPSA) is 113 Å². The maximum atomic E-state index is 14.6. The Morgan fingerprint density at radius 1 is 1.07 bits per heavy atom. The number of halogens is 1. The molecule has 0 heterocycles. The molecule has 4 aliphatic carbocycles. The van der Waals surface area contributed by atoms with Crippen LogP contribution in [0.15, 0.2) is 24.3 Å². The van der Waals surface area contributed by atoms with Gasteiger partial charge in [0.2, 0.25) is 16.4 Å². The first-order valence-corrected chi connectivity index (χ1v) is 18.5. The Balaban J connectivity index is 1.42. The summed E-state index contributed by atoms with van der Waals surface area (Å²) in [5.74, 6) is -0.518. The van der Waals surface area contributed by atoms with Crippen molar-refractivity contribution in [3.63, 3.8) is 0 Å². The van der Waals surface area contributed by atoms with Gasteiger partial charge in [0.15, 0.2) is 6.04 Å². The predicted molar refractivity (Wildman–Crippen MR) is 170 cm³/mol. The van der Waals surface area contributed by atoms with Crippen LogP contribution in [-0.2, 0) is 24.3 Å². The quantitative estimate of drug-likeness (QED) is 0.179. The predicted octanol–water partition coefficient (Wildman–Crippen LogP) is 5.47. The average molecular weight is 715 g/mol. The maximum Gasteiger partial charge on any atom is 0.332 e. The lowest BCUT2D eigenvalue weighted by atomic mass is 9.69. The highest BCUT2D eigenvalue weighted by Gasteiger charge is 2.67. The van der Waals surface area contributed by atoms with Crippen LogP contribution in [0.5, 0.6) is 0 Å². The van der Waals surface area contributed by atoms with E-state index in [4.69, 9.17) is 4.74 Å². The maximum absolute atomic E-state index is 14.6. The lowest BCUT2D eigenvalue weighted by Gasteiger charge is -2.46. The standard InChI is InChI=1S/C32H47IN2O6S/c1-31(2)22-17-18-32(31,20-42(39,40)35(23-11-5-3-6-12-23)24-13-7-4-8-14-24)27(19-22)41-30(38)28(34-21-36)29(37)25-15-9-10-16-26(25)33/h9-10,15-16,21-24,27-29,37H,3-8,11-14,17-20H2,1-2H3,(H,34,36)/t22-,27-,28+,29-,32-/m1/s1. The van der Waals surface area contributed by atoms with E-state index in [-0.39, 0.29) is 29.2 Å². The molecular weight excluding hydrogens is 667 g/mol. The van der Waals surface area contributed by atoms with E-state index >= 15 is 0 Å².